The smallest absolute Gasteiger partial charge is 0.244 e. The van der Waals surface area contributed by atoms with Crippen LogP contribution in [0.3, 0.4) is 0 Å². The Morgan fingerprint density at radius 1 is 1.52 bits per heavy atom. The summed E-state index contributed by atoms with van der Waals surface area (Å²) >= 11 is 5.07. The first-order valence-electron chi connectivity index (χ1n) is 6.97. The second kappa shape index (κ2) is 7.50. The molecule has 2 N–H and O–H groups in total. The zero-order valence-electron chi connectivity index (χ0n) is 12.2. The average molecular weight is 397 g/mol. The largest absolute Gasteiger partial charge is 0.452 e. The van der Waals surface area contributed by atoms with Gasteiger partial charge in [-0.2, -0.15) is 11.8 Å². The second-order valence-corrected chi connectivity index (χ2v) is 9.07. The summed E-state index contributed by atoms with van der Waals surface area (Å²) in [5.41, 5.74) is 0. The van der Waals surface area contributed by atoms with Gasteiger partial charge in [-0.1, -0.05) is 13.8 Å². The minimum atomic E-state index is -3.52. The molecule has 1 saturated heterocycles. The zero-order valence-corrected chi connectivity index (χ0v) is 15.4. The Labute approximate surface area is 138 Å². The third-order valence-electron chi connectivity index (χ3n) is 3.27. The lowest BCUT2D eigenvalue weighted by Gasteiger charge is -2.09. The summed E-state index contributed by atoms with van der Waals surface area (Å²) in [5.74, 6) is 3.18. The Balaban J connectivity index is 2.01. The van der Waals surface area contributed by atoms with Crippen LogP contribution in [-0.2, 0) is 16.6 Å². The van der Waals surface area contributed by atoms with Gasteiger partial charge in [-0.15, -0.1) is 0 Å². The van der Waals surface area contributed by atoms with Gasteiger partial charge in [-0.3, -0.25) is 0 Å². The van der Waals surface area contributed by atoms with Crippen LogP contribution >= 0.6 is 27.7 Å². The normalized spacial score (nSPS) is 19.5. The van der Waals surface area contributed by atoms with E-state index in [1.54, 1.807) is 6.07 Å². The van der Waals surface area contributed by atoms with Gasteiger partial charge in [0.25, 0.3) is 0 Å². The third kappa shape index (κ3) is 4.99. The Morgan fingerprint density at radius 2 is 2.29 bits per heavy atom. The Hall–Kier alpha value is -0.0200. The molecule has 8 heteroatoms. The fraction of sp³-hybridized carbons (Fsp3) is 0.692. The first kappa shape index (κ1) is 17.3. The van der Waals surface area contributed by atoms with Gasteiger partial charge >= 0.3 is 0 Å². The van der Waals surface area contributed by atoms with Gasteiger partial charge in [0.2, 0.25) is 10.0 Å². The van der Waals surface area contributed by atoms with Gasteiger partial charge in [0.05, 0.1) is 6.54 Å². The van der Waals surface area contributed by atoms with Crippen LogP contribution in [0, 0.1) is 5.92 Å². The van der Waals surface area contributed by atoms with E-state index in [2.05, 4.69) is 26.0 Å². The average Bonchev–Trinajstić information content (AvgIpc) is 3.03. The fourth-order valence-corrected chi connectivity index (χ4v) is 5.42. The van der Waals surface area contributed by atoms with E-state index in [1.807, 2.05) is 25.6 Å². The van der Waals surface area contributed by atoms with E-state index >= 15 is 0 Å². The summed E-state index contributed by atoms with van der Waals surface area (Å²) in [5, 5.41) is 3.20. The van der Waals surface area contributed by atoms with Crippen LogP contribution in [0.1, 0.15) is 26.0 Å². The predicted octanol–water partition coefficient (Wildman–Crippen LogP) is 2.57. The Morgan fingerprint density at radius 3 is 2.90 bits per heavy atom. The van der Waals surface area contributed by atoms with Crippen molar-refractivity contribution in [1.82, 2.24) is 10.0 Å². The number of furan rings is 1. The van der Waals surface area contributed by atoms with Crippen LogP contribution in [0.5, 0.6) is 0 Å². The van der Waals surface area contributed by atoms with Crippen molar-refractivity contribution in [3.8, 4) is 0 Å². The molecule has 1 unspecified atom stereocenters. The maximum Gasteiger partial charge on any atom is 0.244 e. The van der Waals surface area contributed by atoms with E-state index < -0.39 is 10.0 Å². The third-order valence-corrected chi connectivity index (χ3v) is 6.78. The molecule has 1 aliphatic rings. The highest BCUT2D eigenvalue weighted by atomic mass is 79.9. The minimum Gasteiger partial charge on any atom is -0.452 e. The maximum absolute atomic E-state index is 12.3. The number of hydrogen-bond acceptors (Lipinski definition) is 5. The van der Waals surface area contributed by atoms with Crippen molar-refractivity contribution >= 4 is 37.7 Å². The number of thioether (sulfide) groups is 1. The standard InChI is InChI=1S/C13H21BrN2O3S2/c1-9(2)15-7-11-5-12(13(14)19-11)21(17,18)16-6-10-3-4-20-8-10/h5,9-10,15-16H,3-4,6-8H2,1-2H3. The monoisotopic (exact) mass is 396 g/mol. The molecule has 1 atom stereocenters. The van der Waals surface area contributed by atoms with E-state index in [9.17, 15) is 8.42 Å². The van der Waals surface area contributed by atoms with E-state index in [0.717, 1.165) is 17.9 Å². The molecule has 2 heterocycles. The molecule has 1 aromatic rings. The molecule has 2 rings (SSSR count). The zero-order chi connectivity index (χ0) is 15.5. The quantitative estimate of drug-likeness (QED) is 0.740. The minimum absolute atomic E-state index is 0.175. The van der Waals surface area contributed by atoms with Crippen molar-refractivity contribution in [3.05, 3.63) is 16.5 Å². The number of rotatable bonds is 7. The van der Waals surface area contributed by atoms with Crippen LogP contribution in [0.15, 0.2) is 20.0 Å². The van der Waals surface area contributed by atoms with Crippen LogP contribution in [0.25, 0.3) is 0 Å². The van der Waals surface area contributed by atoms with Crippen LogP contribution in [0.2, 0.25) is 0 Å². The van der Waals surface area contributed by atoms with Crippen molar-refractivity contribution in [3.63, 3.8) is 0 Å². The SMILES string of the molecule is CC(C)NCc1cc(S(=O)(=O)NCC2CCSC2)c(Br)o1. The van der Waals surface area contributed by atoms with Gasteiger partial charge in [0.1, 0.15) is 10.7 Å². The number of halogens is 1. The molecule has 0 aromatic carbocycles. The summed E-state index contributed by atoms with van der Waals surface area (Å²) in [7, 11) is -3.52. The molecule has 1 aromatic heterocycles. The molecule has 1 fully saturated rings. The van der Waals surface area contributed by atoms with Crippen molar-refractivity contribution < 1.29 is 12.8 Å². The van der Waals surface area contributed by atoms with E-state index in [1.165, 1.54) is 0 Å². The molecule has 0 aliphatic carbocycles. The molecule has 120 valence electrons. The van der Waals surface area contributed by atoms with Crippen LogP contribution in [0.4, 0.5) is 0 Å². The second-order valence-electron chi connectivity index (χ2n) is 5.47. The molecule has 5 nitrogen and oxygen atoms in total. The van der Waals surface area contributed by atoms with Gasteiger partial charge in [-0.25, -0.2) is 13.1 Å². The summed E-state index contributed by atoms with van der Waals surface area (Å²) in [6.45, 7) is 5.05. The Bertz CT molecular complexity index is 566. The maximum atomic E-state index is 12.3. The first-order valence-corrected chi connectivity index (χ1v) is 10.4. The van der Waals surface area contributed by atoms with Crippen LogP contribution in [-0.4, -0.2) is 32.5 Å². The van der Waals surface area contributed by atoms with Crippen molar-refractivity contribution in [2.24, 2.45) is 5.92 Å². The predicted molar refractivity (Wildman–Crippen MR) is 89.0 cm³/mol. The van der Waals surface area contributed by atoms with E-state index in [-0.39, 0.29) is 9.56 Å². The highest BCUT2D eigenvalue weighted by Crippen LogP contribution is 2.27. The van der Waals surface area contributed by atoms with Crippen LogP contribution < -0.4 is 10.0 Å². The topological polar surface area (TPSA) is 71.3 Å². The van der Waals surface area contributed by atoms with Crippen molar-refractivity contribution in [2.45, 2.75) is 37.8 Å². The summed E-state index contributed by atoms with van der Waals surface area (Å²) in [6.07, 6.45) is 1.07. The van der Waals surface area contributed by atoms with Crippen molar-refractivity contribution in [1.29, 1.82) is 0 Å². The molecular formula is C13H21BrN2O3S2. The summed E-state index contributed by atoms with van der Waals surface area (Å²) in [4.78, 5) is 0.175. The van der Waals surface area contributed by atoms with Gasteiger partial charge < -0.3 is 9.73 Å². The van der Waals surface area contributed by atoms with Crippen molar-refractivity contribution in [2.75, 3.05) is 18.1 Å². The summed E-state index contributed by atoms with van der Waals surface area (Å²) in [6, 6.07) is 1.89. The molecule has 0 amide bonds. The molecule has 0 saturated carbocycles. The van der Waals surface area contributed by atoms with E-state index in [0.29, 0.717) is 30.8 Å². The molecule has 0 bridgehead atoms. The van der Waals surface area contributed by atoms with Gasteiger partial charge in [0.15, 0.2) is 4.67 Å². The number of hydrogen-bond donors (Lipinski definition) is 2. The first-order chi connectivity index (χ1) is 9.88. The lowest BCUT2D eigenvalue weighted by atomic mass is 10.1. The lowest BCUT2D eigenvalue weighted by Crippen LogP contribution is -2.29. The molecular weight excluding hydrogens is 376 g/mol. The lowest BCUT2D eigenvalue weighted by molar-refractivity contribution is 0.447. The Kier molecular flexibility index (Phi) is 6.19. The van der Waals surface area contributed by atoms with Gasteiger partial charge in [-0.05, 0) is 39.8 Å². The highest BCUT2D eigenvalue weighted by molar-refractivity contribution is 9.10. The number of sulfonamides is 1. The van der Waals surface area contributed by atoms with Gasteiger partial charge in [0, 0.05) is 18.7 Å². The molecule has 0 radical (unpaired) electrons. The van der Waals surface area contributed by atoms with E-state index in [4.69, 9.17) is 4.42 Å². The molecule has 0 spiro atoms. The highest BCUT2D eigenvalue weighted by Gasteiger charge is 2.24. The number of nitrogens with one attached hydrogen (secondary N) is 2. The summed E-state index contributed by atoms with van der Waals surface area (Å²) < 4.78 is 33.1. The molecule has 21 heavy (non-hydrogen) atoms. The molecule has 1 aliphatic heterocycles. The fourth-order valence-electron chi connectivity index (χ4n) is 2.02.